The molecule has 3 nitrogen and oxygen atoms in total. The standard InChI is InChI=1S/C7H14N2O/c1-3-5-7-9(8-10)6-4-2/h4H,2-3,5-7H2,1H3. The summed E-state index contributed by atoms with van der Waals surface area (Å²) in [6, 6.07) is 0. The Bertz CT molecular complexity index is 104. The normalized spacial score (nSPS) is 8.90. The summed E-state index contributed by atoms with van der Waals surface area (Å²) in [5, 5.41) is 4.30. The van der Waals surface area contributed by atoms with Crippen LogP contribution in [0.5, 0.6) is 0 Å². The van der Waals surface area contributed by atoms with Gasteiger partial charge in [0, 0.05) is 6.54 Å². The van der Waals surface area contributed by atoms with Gasteiger partial charge in [-0.15, -0.1) is 11.5 Å². The fraction of sp³-hybridized carbons (Fsp3) is 0.714. The van der Waals surface area contributed by atoms with Gasteiger partial charge in [-0.1, -0.05) is 19.4 Å². The van der Waals surface area contributed by atoms with Crippen LogP contribution in [0.25, 0.3) is 0 Å². The van der Waals surface area contributed by atoms with Crippen LogP contribution in [0, 0.1) is 4.91 Å². The van der Waals surface area contributed by atoms with Crippen LogP contribution in [0.3, 0.4) is 0 Å². The van der Waals surface area contributed by atoms with Gasteiger partial charge in [-0.05, 0) is 6.42 Å². The fourth-order valence-corrected chi connectivity index (χ4v) is 0.655. The zero-order valence-corrected chi connectivity index (χ0v) is 6.42. The number of hydrogen-bond donors (Lipinski definition) is 0. The summed E-state index contributed by atoms with van der Waals surface area (Å²) in [6.07, 6.45) is 3.78. The summed E-state index contributed by atoms with van der Waals surface area (Å²) in [4.78, 5) is 10.0. The van der Waals surface area contributed by atoms with Gasteiger partial charge in [0.2, 0.25) is 0 Å². The van der Waals surface area contributed by atoms with Gasteiger partial charge in [0.25, 0.3) is 0 Å². The predicted molar refractivity (Wildman–Crippen MR) is 42.5 cm³/mol. The first-order valence-electron chi connectivity index (χ1n) is 3.54. The largest absolute Gasteiger partial charge is 0.257 e. The van der Waals surface area contributed by atoms with Gasteiger partial charge in [0.05, 0.1) is 11.8 Å². The number of nitrogens with zero attached hydrogens (tertiary/aromatic N) is 2. The van der Waals surface area contributed by atoms with Crippen LogP contribution in [0.2, 0.25) is 0 Å². The molecule has 0 fully saturated rings. The maximum atomic E-state index is 10.0. The lowest BCUT2D eigenvalue weighted by Crippen LogP contribution is -2.17. The molecule has 0 atom stereocenters. The minimum Gasteiger partial charge on any atom is -0.257 e. The van der Waals surface area contributed by atoms with E-state index >= 15 is 0 Å². The monoisotopic (exact) mass is 142 g/mol. The van der Waals surface area contributed by atoms with E-state index in [4.69, 9.17) is 0 Å². The predicted octanol–water partition coefficient (Wildman–Crippen LogP) is 1.96. The van der Waals surface area contributed by atoms with E-state index in [2.05, 4.69) is 18.8 Å². The molecular weight excluding hydrogens is 128 g/mol. The molecule has 0 spiro atoms. The lowest BCUT2D eigenvalue weighted by molar-refractivity contribution is 0.309. The van der Waals surface area contributed by atoms with Crippen molar-refractivity contribution in [1.29, 1.82) is 0 Å². The molecule has 0 saturated heterocycles. The second kappa shape index (κ2) is 6.26. The fourth-order valence-electron chi connectivity index (χ4n) is 0.655. The summed E-state index contributed by atoms with van der Waals surface area (Å²) >= 11 is 0. The molecule has 0 aliphatic rings. The van der Waals surface area contributed by atoms with Crippen molar-refractivity contribution in [3.05, 3.63) is 17.6 Å². The minimum atomic E-state index is 0.559. The summed E-state index contributed by atoms with van der Waals surface area (Å²) in [5.74, 6) is 0. The molecule has 0 rings (SSSR count). The molecule has 58 valence electrons. The van der Waals surface area contributed by atoms with Crippen molar-refractivity contribution in [3.8, 4) is 0 Å². The molecule has 0 aromatic heterocycles. The molecule has 0 saturated carbocycles. The Morgan fingerprint density at radius 1 is 1.70 bits per heavy atom. The third-order valence-electron chi connectivity index (χ3n) is 1.23. The van der Waals surface area contributed by atoms with Crippen molar-refractivity contribution in [2.75, 3.05) is 13.1 Å². The van der Waals surface area contributed by atoms with Crippen molar-refractivity contribution >= 4 is 0 Å². The van der Waals surface area contributed by atoms with Gasteiger partial charge >= 0.3 is 0 Å². The van der Waals surface area contributed by atoms with Gasteiger partial charge in [0.15, 0.2) is 0 Å². The van der Waals surface area contributed by atoms with Gasteiger partial charge in [-0.3, -0.25) is 5.01 Å². The van der Waals surface area contributed by atoms with Crippen LogP contribution in [0.4, 0.5) is 0 Å². The number of unbranched alkanes of at least 4 members (excludes halogenated alkanes) is 1. The molecule has 0 aliphatic heterocycles. The third kappa shape index (κ3) is 4.06. The Kier molecular flexibility index (Phi) is 5.72. The van der Waals surface area contributed by atoms with E-state index in [1.807, 2.05) is 0 Å². The Hall–Kier alpha value is -0.860. The maximum Gasteiger partial charge on any atom is 0.0570 e. The van der Waals surface area contributed by atoms with Gasteiger partial charge in [0.1, 0.15) is 0 Å². The average Bonchev–Trinajstić information content (AvgIpc) is 1.98. The number of nitroso groups, excluding NO2 is 1. The lowest BCUT2D eigenvalue weighted by atomic mass is 10.3. The summed E-state index contributed by atoms with van der Waals surface area (Å²) in [6.45, 7) is 6.90. The maximum absolute atomic E-state index is 10.0. The van der Waals surface area contributed by atoms with E-state index in [1.54, 1.807) is 6.08 Å². The Balaban J connectivity index is 3.38. The molecule has 0 bridgehead atoms. The Morgan fingerprint density at radius 3 is 2.80 bits per heavy atom. The third-order valence-corrected chi connectivity index (χ3v) is 1.23. The van der Waals surface area contributed by atoms with Crippen LogP contribution in [-0.2, 0) is 0 Å². The zero-order valence-electron chi connectivity index (χ0n) is 6.42. The molecule has 0 radical (unpaired) electrons. The molecule has 0 unspecified atom stereocenters. The highest BCUT2D eigenvalue weighted by Gasteiger charge is 1.96. The van der Waals surface area contributed by atoms with E-state index in [0.29, 0.717) is 6.54 Å². The topological polar surface area (TPSA) is 32.7 Å². The SMILES string of the molecule is C=CCN(CCCC)N=O. The highest BCUT2D eigenvalue weighted by atomic mass is 16.3. The highest BCUT2D eigenvalue weighted by molar-refractivity contribution is 4.70. The van der Waals surface area contributed by atoms with Gasteiger partial charge in [-0.25, -0.2) is 0 Å². The molecule has 10 heavy (non-hydrogen) atoms. The minimum absolute atomic E-state index is 0.559. The van der Waals surface area contributed by atoms with E-state index in [9.17, 15) is 4.91 Å². The summed E-state index contributed by atoms with van der Waals surface area (Å²) in [7, 11) is 0. The van der Waals surface area contributed by atoms with E-state index in [0.717, 1.165) is 19.4 Å². The molecule has 3 heteroatoms. The zero-order chi connectivity index (χ0) is 7.82. The van der Waals surface area contributed by atoms with E-state index < -0.39 is 0 Å². The first-order valence-corrected chi connectivity index (χ1v) is 3.54. The highest BCUT2D eigenvalue weighted by Crippen LogP contribution is 1.94. The molecule has 0 N–H and O–H groups in total. The Morgan fingerprint density at radius 2 is 2.40 bits per heavy atom. The number of hydrogen-bond acceptors (Lipinski definition) is 2. The van der Waals surface area contributed by atoms with Crippen LogP contribution in [-0.4, -0.2) is 18.1 Å². The van der Waals surface area contributed by atoms with E-state index in [-0.39, 0.29) is 0 Å². The second-order valence-electron chi connectivity index (χ2n) is 2.14. The van der Waals surface area contributed by atoms with Crippen molar-refractivity contribution in [2.24, 2.45) is 5.29 Å². The molecule has 0 amide bonds. The quantitative estimate of drug-likeness (QED) is 0.322. The van der Waals surface area contributed by atoms with Crippen molar-refractivity contribution in [1.82, 2.24) is 5.01 Å². The summed E-state index contributed by atoms with van der Waals surface area (Å²) < 4.78 is 0. The molecule has 0 aromatic rings. The van der Waals surface area contributed by atoms with Gasteiger partial charge < -0.3 is 0 Å². The lowest BCUT2D eigenvalue weighted by Gasteiger charge is -2.10. The van der Waals surface area contributed by atoms with Crippen molar-refractivity contribution in [2.45, 2.75) is 19.8 Å². The van der Waals surface area contributed by atoms with Crippen LogP contribution in [0.15, 0.2) is 17.9 Å². The second-order valence-corrected chi connectivity index (χ2v) is 2.14. The summed E-state index contributed by atoms with van der Waals surface area (Å²) in [5.41, 5.74) is 0. The Labute approximate surface area is 61.7 Å². The molecule has 0 aliphatic carbocycles. The van der Waals surface area contributed by atoms with Crippen molar-refractivity contribution < 1.29 is 0 Å². The van der Waals surface area contributed by atoms with Gasteiger partial charge in [-0.2, -0.15) is 0 Å². The van der Waals surface area contributed by atoms with Crippen molar-refractivity contribution in [3.63, 3.8) is 0 Å². The first kappa shape index (κ1) is 9.14. The van der Waals surface area contributed by atoms with E-state index in [1.165, 1.54) is 5.01 Å². The molecule has 0 aromatic carbocycles. The number of rotatable bonds is 6. The smallest absolute Gasteiger partial charge is 0.0570 e. The van der Waals surface area contributed by atoms with Crippen LogP contribution in [0.1, 0.15) is 19.8 Å². The molecular formula is C7H14N2O. The average molecular weight is 142 g/mol. The molecule has 0 heterocycles. The first-order chi connectivity index (χ1) is 4.85. The van der Waals surface area contributed by atoms with Crippen LogP contribution >= 0.6 is 0 Å². The van der Waals surface area contributed by atoms with Crippen LogP contribution < -0.4 is 0 Å².